The number of halogens is 2. The Morgan fingerprint density at radius 1 is 1.05 bits per heavy atom. The molecule has 0 radical (unpaired) electrons. The van der Waals surface area contributed by atoms with Crippen LogP contribution in [-0.4, -0.2) is 14.3 Å². The number of nitrogens with one attached hydrogen (secondary N) is 1. The standard InChI is InChI=1S/C15H9ClFNO3S/c16-13-11-3-1-2-4-12(11)22(20,21)14(13)15(19)18-10-7-5-9(17)6-8-10/h1-8H,(H,18,19). The van der Waals surface area contributed by atoms with E-state index in [1.807, 2.05) is 0 Å². The number of anilines is 1. The SMILES string of the molecule is O=C(Nc1ccc(F)cc1)C1=C(Cl)c2ccccc2S1(=O)=O. The third-order valence-corrected chi connectivity index (χ3v) is 5.56. The molecule has 0 fully saturated rings. The van der Waals surface area contributed by atoms with Crippen LogP contribution in [0.5, 0.6) is 0 Å². The summed E-state index contributed by atoms with van der Waals surface area (Å²) < 4.78 is 37.7. The highest BCUT2D eigenvalue weighted by Gasteiger charge is 2.39. The number of rotatable bonds is 2. The summed E-state index contributed by atoms with van der Waals surface area (Å²) in [6.07, 6.45) is 0. The lowest BCUT2D eigenvalue weighted by molar-refractivity contribution is -0.112. The molecule has 112 valence electrons. The van der Waals surface area contributed by atoms with Gasteiger partial charge in [-0.2, -0.15) is 0 Å². The molecule has 1 N–H and O–H groups in total. The van der Waals surface area contributed by atoms with Gasteiger partial charge in [-0.05, 0) is 30.3 Å². The topological polar surface area (TPSA) is 63.2 Å². The van der Waals surface area contributed by atoms with Crippen LogP contribution in [0.4, 0.5) is 10.1 Å². The molecule has 0 bridgehead atoms. The lowest BCUT2D eigenvalue weighted by Crippen LogP contribution is -2.19. The first-order chi connectivity index (χ1) is 10.4. The zero-order valence-electron chi connectivity index (χ0n) is 11.0. The highest BCUT2D eigenvalue weighted by atomic mass is 35.5. The maximum atomic E-state index is 12.9. The Morgan fingerprint density at radius 3 is 2.32 bits per heavy atom. The summed E-state index contributed by atoms with van der Waals surface area (Å²) in [5.41, 5.74) is 0.572. The molecule has 2 aromatic rings. The molecular weight excluding hydrogens is 329 g/mol. The first-order valence-corrected chi connectivity index (χ1v) is 8.08. The third-order valence-electron chi connectivity index (χ3n) is 3.19. The Labute approximate surface area is 131 Å². The second-order valence-corrected chi connectivity index (χ2v) is 6.84. The van der Waals surface area contributed by atoms with E-state index in [-0.39, 0.29) is 15.6 Å². The Kier molecular flexibility index (Phi) is 3.50. The number of hydrogen-bond donors (Lipinski definition) is 1. The van der Waals surface area contributed by atoms with Crippen LogP contribution in [0.2, 0.25) is 0 Å². The van der Waals surface area contributed by atoms with Crippen LogP contribution in [0.15, 0.2) is 58.3 Å². The van der Waals surface area contributed by atoms with Gasteiger partial charge in [-0.1, -0.05) is 29.8 Å². The van der Waals surface area contributed by atoms with E-state index >= 15 is 0 Å². The van der Waals surface area contributed by atoms with Gasteiger partial charge in [0.15, 0.2) is 4.91 Å². The quantitative estimate of drug-likeness (QED) is 0.915. The van der Waals surface area contributed by atoms with Crippen LogP contribution in [0.3, 0.4) is 0 Å². The zero-order valence-corrected chi connectivity index (χ0v) is 12.6. The van der Waals surface area contributed by atoms with E-state index in [0.29, 0.717) is 5.56 Å². The molecule has 1 amide bonds. The summed E-state index contributed by atoms with van der Waals surface area (Å²) in [7, 11) is -3.96. The van der Waals surface area contributed by atoms with Gasteiger partial charge in [0.2, 0.25) is 9.84 Å². The van der Waals surface area contributed by atoms with E-state index in [1.165, 1.54) is 24.3 Å². The molecule has 1 aliphatic rings. The molecule has 0 atom stereocenters. The smallest absolute Gasteiger partial charge is 0.269 e. The summed E-state index contributed by atoms with van der Waals surface area (Å²) >= 11 is 6.06. The Bertz CT molecular complexity index is 905. The molecule has 0 spiro atoms. The number of fused-ring (bicyclic) bond motifs is 1. The predicted molar refractivity (Wildman–Crippen MR) is 81.4 cm³/mol. The number of carbonyl (C=O) groups excluding carboxylic acids is 1. The number of benzene rings is 2. The van der Waals surface area contributed by atoms with Gasteiger partial charge in [0, 0.05) is 11.3 Å². The molecule has 0 aromatic heterocycles. The van der Waals surface area contributed by atoms with E-state index in [9.17, 15) is 17.6 Å². The van der Waals surface area contributed by atoms with Crippen LogP contribution < -0.4 is 5.32 Å². The van der Waals surface area contributed by atoms with Crippen molar-refractivity contribution >= 4 is 38.1 Å². The van der Waals surface area contributed by atoms with E-state index in [1.54, 1.807) is 12.1 Å². The first kappa shape index (κ1) is 14.7. The average Bonchev–Trinajstić information content (AvgIpc) is 2.69. The molecule has 2 aromatic carbocycles. The van der Waals surface area contributed by atoms with E-state index in [4.69, 9.17) is 11.6 Å². The number of amides is 1. The van der Waals surface area contributed by atoms with E-state index < -0.39 is 26.5 Å². The van der Waals surface area contributed by atoms with Crippen LogP contribution in [0.1, 0.15) is 5.56 Å². The van der Waals surface area contributed by atoms with Gasteiger partial charge in [0.1, 0.15) is 5.82 Å². The molecule has 4 nitrogen and oxygen atoms in total. The van der Waals surface area contributed by atoms with Crippen molar-refractivity contribution in [2.45, 2.75) is 4.90 Å². The van der Waals surface area contributed by atoms with Gasteiger partial charge < -0.3 is 5.32 Å². The van der Waals surface area contributed by atoms with E-state index in [2.05, 4.69) is 5.32 Å². The molecular formula is C15H9ClFNO3S. The molecule has 7 heteroatoms. The number of sulfone groups is 1. The molecule has 0 saturated carbocycles. The van der Waals surface area contributed by atoms with Crippen LogP contribution >= 0.6 is 11.6 Å². The van der Waals surface area contributed by atoms with Crippen LogP contribution in [-0.2, 0) is 14.6 Å². The van der Waals surface area contributed by atoms with Crippen molar-refractivity contribution in [1.29, 1.82) is 0 Å². The van der Waals surface area contributed by atoms with E-state index in [0.717, 1.165) is 12.1 Å². The fourth-order valence-electron chi connectivity index (χ4n) is 2.18. The van der Waals surface area contributed by atoms with Crippen LogP contribution in [0, 0.1) is 5.82 Å². The lowest BCUT2D eigenvalue weighted by atomic mass is 10.2. The molecule has 0 unspecified atom stereocenters. The Morgan fingerprint density at radius 2 is 1.68 bits per heavy atom. The van der Waals surface area contributed by atoms with Gasteiger partial charge in [0.05, 0.1) is 9.93 Å². The van der Waals surface area contributed by atoms with Gasteiger partial charge in [-0.3, -0.25) is 4.79 Å². The van der Waals surface area contributed by atoms with Gasteiger partial charge in [0.25, 0.3) is 5.91 Å². The summed E-state index contributed by atoms with van der Waals surface area (Å²) in [5, 5.41) is 2.29. The molecule has 1 heterocycles. The Hall–Kier alpha value is -2.18. The van der Waals surface area contributed by atoms with Crippen molar-refractivity contribution in [3.63, 3.8) is 0 Å². The average molecular weight is 338 g/mol. The van der Waals surface area contributed by atoms with Gasteiger partial charge in [-0.25, -0.2) is 12.8 Å². The largest absolute Gasteiger partial charge is 0.321 e. The normalized spacial score (nSPS) is 15.5. The zero-order chi connectivity index (χ0) is 15.9. The summed E-state index contributed by atoms with van der Waals surface area (Å²) in [6, 6.07) is 11.1. The second-order valence-electron chi connectivity index (χ2n) is 4.60. The highest BCUT2D eigenvalue weighted by molar-refractivity contribution is 7.97. The fourth-order valence-corrected chi connectivity index (χ4v) is 4.36. The maximum absolute atomic E-state index is 12.9. The monoisotopic (exact) mass is 337 g/mol. The third kappa shape index (κ3) is 2.30. The van der Waals surface area contributed by atoms with Gasteiger partial charge in [-0.15, -0.1) is 0 Å². The van der Waals surface area contributed by atoms with Crippen LogP contribution in [0.25, 0.3) is 5.03 Å². The molecule has 22 heavy (non-hydrogen) atoms. The maximum Gasteiger partial charge on any atom is 0.269 e. The number of hydrogen-bond acceptors (Lipinski definition) is 3. The van der Waals surface area contributed by atoms with Gasteiger partial charge >= 0.3 is 0 Å². The van der Waals surface area contributed by atoms with Crippen molar-refractivity contribution in [2.24, 2.45) is 0 Å². The van der Waals surface area contributed by atoms with Crippen molar-refractivity contribution in [2.75, 3.05) is 5.32 Å². The van der Waals surface area contributed by atoms with Crippen molar-refractivity contribution in [3.8, 4) is 0 Å². The van der Waals surface area contributed by atoms with Crippen molar-refractivity contribution in [3.05, 3.63) is 64.8 Å². The first-order valence-electron chi connectivity index (χ1n) is 6.22. The summed E-state index contributed by atoms with van der Waals surface area (Å²) in [6.45, 7) is 0. The Balaban J connectivity index is 2.00. The minimum Gasteiger partial charge on any atom is -0.321 e. The van der Waals surface area contributed by atoms with Crippen molar-refractivity contribution < 1.29 is 17.6 Å². The minimum absolute atomic E-state index is 0.00394. The molecule has 0 aliphatic carbocycles. The molecule has 3 rings (SSSR count). The second kappa shape index (κ2) is 5.23. The summed E-state index contributed by atoms with van der Waals surface area (Å²) in [4.78, 5) is 11.8. The minimum atomic E-state index is -3.96. The predicted octanol–water partition coefficient (Wildman–Crippen LogP) is 3.16. The van der Waals surface area contributed by atoms with Crippen molar-refractivity contribution in [1.82, 2.24) is 0 Å². The lowest BCUT2D eigenvalue weighted by Gasteiger charge is -2.06. The summed E-state index contributed by atoms with van der Waals surface area (Å²) in [5.74, 6) is -1.32. The number of carbonyl (C=O) groups is 1. The highest BCUT2D eigenvalue weighted by Crippen LogP contribution is 2.41. The molecule has 0 saturated heterocycles. The molecule has 1 aliphatic heterocycles. The fraction of sp³-hybridized carbons (Fsp3) is 0.